The third kappa shape index (κ3) is 3.07. The Kier molecular flexibility index (Phi) is 3.99. The van der Waals surface area contributed by atoms with Crippen LogP contribution in [0, 0.1) is 0 Å². The maximum absolute atomic E-state index is 5.93. The highest BCUT2D eigenvalue weighted by Crippen LogP contribution is 2.22. The van der Waals surface area contributed by atoms with Crippen LogP contribution in [0.15, 0.2) is 4.52 Å². The molecule has 1 aliphatic rings. The van der Waals surface area contributed by atoms with Crippen molar-refractivity contribution in [1.82, 2.24) is 15.0 Å². The van der Waals surface area contributed by atoms with Crippen molar-refractivity contribution in [2.45, 2.75) is 38.8 Å². The van der Waals surface area contributed by atoms with Gasteiger partial charge >= 0.3 is 0 Å². The summed E-state index contributed by atoms with van der Waals surface area (Å²) in [7, 11) is 0. The van der Waals surface area contributed by atoms with Crippen molar-refractivity contribution in [3.05, 3.63) is 11.7 Å². The molecule has 102 valence electrons. The largest absolute Gasteiger partial charge is 0.367 e. The fraction of sp³-hybridized carbons (Fsp3) is 0.833. The van der Waals surface area contributed by atoms with Crippen molar-refractivity contribution < 1.29 is 9.26 Å². The Balaban J connectivity index is 2.05. The summed E-state index contributed by atoms with van der Waals surface area (Å²) in [5, 5.41) is 3.98. The standard InChI is InChI=1S/C12H22N4O2/c1-4-5-16-6-7-17-9(8-16)10-14-11(18-15-10)12(2,3)13/h9H,4-8,13H2,1-3H3. The molecule has 0 radical (unpaired) electrons. The summed E-state index contributed by atoms with van der Waals surface area (Å²) in [4.78, 5) is 6.70. The van der Waals surface area contributed by atoms with Gasteiger partial charge in [0.25, 0.3) is 0 Å². The number of nitrogens with two attached hydrogens (primary N) is 1. The highest BCUT2D eigenvalue weighted by molar-refractivity contribution is 5.00. The van der Waals surface area contributed by atoms with Gasteiger partial charge in [0.05, 0.1) is 12.1 Å². The molecule has 0 amide bonds. The van der Waals surface area contributed by atoms with E-state index in [1.54, 1.807) is 0 Å². The van der Waals surface area contributed by atoms with Crippen LogP contribution in [0.4, 0.5) is 0 Å². The minimum atomic E-state index is -0.608. The lowest BCUT2D eigenvalue weighted by Crippen LogP contribution is -2.39. The monoisotopic (exact) mass is 254 g/mol. The predicted octanol–water partition coefficient (Wildman–Crippen LogP) is 1.05. The van der Waals surface area contributed by atoms with E-state index in [0.29, 0.717) is 18.3 Å². The lowest BCUT2D eigenvalue weighted by Gasteiger charge is -2.30. The molecule has 1 aliphatic heterocycles. The molecule has 2 heterocycles. The SMILES string of the molecule is CCCN1CCOC(c2noc(C(C)(C)N)n2)C1. The minimum Gasteiger partial charge on any atom is -0.367 e. The van der Waals surface area contributed by atoms with Crippen LogP contribution in [0.2, 0.25) is 0 Å². The van der Waals surface area contributed by atoms with E-state index in [1.165, 1.54) is 0 Å². The van der Waals surface area contributed by atoms with Crippen LogP contribution < -0.4 is 5.73 Å². The van der Waals surface area contributed by atoms with Crippen LogP contribution in [-0.4, -0.2) is 41.3 Å². The van der Waals surface area contributed by atoms with E-state index in [9.17, 15) is 0 Å². The van der Waals surface area contributed by atoms with Gasteiger partial charge in [-0.15, -0.1) is 0 Å². The molecule has 6 nitrogen and oxygen atoms in total. The summed E-state index contributed by atoms with van der Waals surface area (Å²) in [6.45, 7) is 9.43. The second kappa shape index (κ2) is 5.34. The Morgan fingerprint density at radius 2 is 2.28 bits per heavy atom. The number of hydrogen-bond donors (Lipinski definition) is 1. The van der Waals surface area contributed by atoms with Crippen molar-refractivity contribution in [1.29, 1.82) is 0 Å². The molecule has 18 heavy (non-hydrogen) atoms. The highest BCUT2D eigenvalue weighted by atomic mass is 16.5. The Morgan fingerprint density at radius 3 is 2.89 bits per heavy atom. The molecule has 1 atom stereocenters. The Hall–Kier alpha value is -0.980. The van der Waals surface area contributed by atoms with E-state index in [2.05, 4.69) is 22.0 Å². The van der Waals surface area contributed by atoms with Crippen LogP contribution in [0.5, 0.6) is 0 Å². The second-order valence-corrected chi connectivity index (χ2v) is 5.34. The molecule has 0 aromatic carbocycles. The van der Waals surface area contributed by atoms with Gasteiger partial charge in [0.15, 0.2) is 0 Å². The molecule has 0 aliphatic carbocycles. The fourth-order valence-corrected chi connectivity index (χ4v) is 2.01. The molecule has 1 saturated heterocycles. The Morgan fingerprint density at radius 1 is 1.50 bits per heavy atom. The zero-order valence-electron chi connectivity index (χ0n) is 11.3. The predicted molar refractivity (Wildman–Crippen MR) is 66.9 cm³/mol. The number of rotatable bonds is 4. The fourth-order valence-electron chi connectivity index (χ4n) is 2.01. The summed E-state index contributed by atoms with van der Waals surface area (Å²) in [6.07, 6.45) is 1.03. The van der Waals surface area contributed by atoms with Gasteiger partial charge < -0.3 is 15.0 Å². The third-order valence-corrected chi connectivity index (χ3v) is 2.97. The number of aromatic nitrogens is 2. The zero-order valence-corrected chi connectivity index (χ0v) is 11.3. The van der Waals surface area contributed by atoms with Gasteiger partial charge in [-0.25, -0.2) is 0 Å². The molecule has 2 N–H and O–H groups in total. The maximum Gasteiger partial charge on any atom is 0.246 e. The van der Waals surface area contributed by atoms with Crippen LogP contribution in [0.1, 0.15) is 45.0 Å². The van der Waals surface area contributed by atoms with Gasteiger partial charge in [-0.3, -0.25) is 4.90 Å². The van der Waals surface area contributed by atoms with E-state index in [0.717, 1.165) is 26.1 Å². The summed E-state index contributed by atoms with van der Waals surface area (Å²) in [5.41, 5.74) is 5.32. The van der Waals surface area contributed by atoms with Gasteiger partial charge in [-0.1, -0.05) is 12.1 Å². The first-order valence-electron chi connectivity index (χ1n) is 6.47. The Bertz CT molecular complexity index is 384. The average molecular weight is 254 g/mol. The van der Waals surface area contributed by atoms with E-state index >= 15 is 0 Å². The highest BCUT2D eigenvalue weighted by Gasteiger charge is 2.29. The van der Waals surface area contributed by atoms with Gasteiger partial charge in [-0.05, 0) is 26.8 Å². The topological polar surface area (TPSA) is 77.4 Å². The average Bonchev–Trinajstić information content (AvgIpc) is 2.78. The zero-order chi connectivity index (χ0) is 13.2. The normalized spacial score (nSPS) is 22.3. The number of hydrogen-bond acceptors (Lipinski definition) is 6. The van der Waals surface area contributed by atoms with Crippen molar-refractivity contribution in [3.8, 4) is 0 Å². The first-order chi connectivity index (χ1) is 8.50. The molecule has 0 spiro atoms. The molecule has 1 aromatic heterocycles. The van der Waals surface area contributed by atoms with E-state index in [-0.39, 0.29) is 6.10 Å². The van der Waals surface area contributed by atoms with Crippen LogP contribution in [0.3, 0.4) is 0 Å². The van der Waals surface area contributed by atoms with Gasteiger partial charge in [0.1, 0.15) is 6.10 Å². The molecule has 0 bridgehead atoms. The van der Waals surface area contributed by atoms with E-state index in [4.69, 9.17) is 15.0 Å². The molecular weight excluding hydrogens is 232 g/mol. The smallest absolute Gasteiger partial charge is 0.246 e. The van der Waals surface area contributed by atoms with Crippen LogP contribution in [0.25, 0.3) is 0 Å². The molecular formula is C12H22N4O2. The summed E-state index contributed by atoms with van der Waals surface area (Å²) in [5.74, 6) is 1.05. The van der Waals surface area contributed by atoms with Crippen molar-refractivity contribution in [3.63, 3.8) is 0 Å². The summed E-state index contributed by atoms with van der Waals surface area (Å²) >= 11 is 0. The first-order valence-corrected chi connectivity index (χ1v) is 6.47. The molecule has 1 aromatic rings. The summed E-state index contributed by atoms with van der Waals surface area (Å²) in [6, 6.07) is 0. The lowest BCUT2D eigenvalue weighted by atomic mass is 10.1. The molecule has 1 fully saturated rings. The van der Waals surface area contributed by atoms with Gasteiger partial charge in [0.2, 0.25) is 11.7 Å². The van der Waals surface area contributed by atoms with Crippen LogP contribution >= 0.6 is 0 Å². The maximum atomic E-state index is 5.93. The van der Waals surface area contributed by atoms with E-state index in [1.807, 2.05) is 13.8 Å². The Labute approximate surface area is 107 Å². The molecule has 0 saturated carbocycles. The minimum absolute atomic E-state index is 0.106. The lowest BCUT2D eigenvalue weighted by molar-refractivity contribution is -0.0350. The van der Waals surface area contributed by atoms with Gasteiger partial charge in [-0.2, -0.15) is 4.98 Å². The molecule has 1 unspecified atom stereocenters. The quantitative estimate of drug-likeness (QED) is 0.865. The number of nitrogens with zero attached hydrogens (tertiary/aromatic N) is 3. The first kappa shape index (κ1) is 13.5. The van der Waals surface area contributed by atoms with Crippen molar-refractivity contribution in [2.75, 3.05) is 26.2 Å². The van der Waals surface area contributed by atoms with Crippen molar-refractivity contribution >= 4 is 0 Å². The summed E-state index contributed by atoms with van der Waals surface area (Å²) < 4.78 is 10.9. The van der Waals surface area contributed by atoms with E-state index < -0.39 is 5.54 Å². The van der Waals surface area contributed by atoms with Gasteiger partial charge in [0, 0.05) is 13.1 Å². The second-order valence-electron chi connectivity index (χ2n) is 5.34. The molecule has 2 rings (SSSR count). The van der Waals surface area contributed by atoms with Crippen LogP contribution in [-0.2, 0) is 10.3 Å². The molecule has 6 heteroatoms. The third-order valence-electron chi connectivity index (χ3n) is 2.97. The number of ether oxygens (including phenoxy) is 1. The van der Waals surface area contributed by atoms with Crippen molar-refractivity contribution in [2.24, 2.45) is 5.73 Å². The number of morpholine rings is 1.